The largest absolute Gasteiger partial charge is 0.270 e. The van der Waals surface area contributed by atoms with E-state index in [-0.39, 0.29) is 5.02 Å². The molecule has 0 aliphatic carbocycles. The minimum Gasteiger partial charge on any atom is -0.258 e. The van der Waals surface area contributed by atoms with Gasteiger partial charge in [-0.15, -0.1) is 0 Å². The first-order valence-electron chi connectivity index (χ1n) is 5.48. The number of nitro groups is 1. The summed E-state index contributed by atoms with van der Waals surface area (Å²) in [5.41, 5.74) is -0.436. The van der Waals surface area contributed by atoms with Crippen molar-refractivity contribution in [2.24, 2.45) is 0 Å². The van der Waals surface area contributed by atoms with Crippen molar-refractivity contribution in [3.8, 4) is 0 Å². The van der Waals surface area contributed by atoms with Crippen molar-refractivity contribution in [1.29, 1.82) is 0 Å². The minimum absolute atomic E-state index is 0.196. The fraction of sp³-hybridized carbons (Fsp3) is 0.200. The quantitative estimate of drug-likeness (QED) is 0.632. The molecule has 1 aromatic rings. The number of sulfonamides is 1. The zero-order valence-electron chi connectivity index (χ0n) is 10.3. The fourth-order valence-corrected chi connectivity index (χ4v) is 4.77. The predicted molar refractivity (Wildman–Crippen MR) is 75.1 cm³/mol. The van der Waals surface area contributed by atoms with Gasteiger partial charge in [0.2, 0.25) is 10.0 Å². The molecule has 0 aromatic heterocycles. The smallest absolute Gasteiger partial charge is 0.258 e. The van der Waals surface area contributed by atoms with Gasteiger partial charge in [-0.05, 0) is 6.07 Å². The summed E-state index contributed by atoms with van der Waals surface area (Å²) in [6.07, 6.45) is 1.19. The molecule has 0 fully saturated rings. The van der Waals surface area contributed by atoms with Gasteiger partial charge in [-0.2, -0.15) is 0 Å². The molecule has 0 bridgehead atoms. The van der Waals surface area contributed by atoms with E-state index < -0.39 is 47.2 Å². The summed E-state index contributed by atoms with van der Waals surface area (Å²) in [6.45, 7) is 0. The lowest BCUT2D eigenvalue weighted by Gasteiger charge is -2.11. The van der Waals surface area contributed by atoms with E-state index in [2.05, 4.69) is 4.72 Å². The molecule has 0 spiro atoms. The van der Waals surface area contributed by atoms with Crippen molar-refractivity contribution in [1.82, 2.24) is 4.72 Å². The van der Waals surface area contributed by atoms with Crippen LogP contribution in [-0.2, 0) is 19.9 Å². The maximum Gasteiger partial charge on any atom is 0.270 e. The Bertz CT molecular complexity index is 831. The molecule has 1 heterocycles. The number of nitrogens with one attached hydrogen (secondary N) is 1. The second-order valence-corrected chi connectivity index (χ2v) is 8.28. The van der Waals surface area contributed by atoms with Gasteiger partial charge in [-0.25, -0.2) is 21.6 Å². The molecule has 1 N–H and O–H groups in total. The van der Waals surface area contributed by atoms with Gasteiger partial charge in [-0.3, -0.25) is 10.1 Å². The number of halogens is 1. The van der Waals surface area contributed by atoms with Gasteiger partial charge in [0.05, 0.1) is 21.7 Å². The zero-order valence-corrected chi connectivity index (χ0v) is 12.7. The molecule has 1 aliphatic heterocycles. The van der Waals surface area contributed by atoms with Crippen molar-refractivity contribution < 1.29 is 21.8 Å². The first kappa shape index (κ1) is 15.9. The summed E-state index contributed by atoms with van der Waals surface area (Å²) in [5.74, 6) is -0.404. The van der Waals surface area contributed by atoms with Gasteiger partial charge in [0, 0.05) is 17.5 Å². The molecule has 0 saturated carbocycles. The van der Waals surface area contributed by atoms with Crippen LogP contribution in [0.2, 0.25) is 5.02 Å². The van der Waals surface area contributed by atoms with Crippen LogP contribution in [0.4, 0.5) is 5.69 Å². The van der Waals surface area contributed by atoms with Crippen molar-refractivity contribution >= 4 is 37.1 Å². The minimum atomic E-state index is -4.18. The van der Waals surface area contributed by atoms with Crippen molar-refractivity contribution in [3.63, 3.8) is 0 Å². The van der Waals surface area contributed by atoms with Gasteiger partial charge in [0.25, 0.3) is 5.69 Å². The number of non-ortho nitro benzene ring substituents is 1. The highest BCUT2D eigenvalue weighted by atomic mass is 35.5. The van der Waals surface area contributed by atoms with Gasteiger partial charge in [-0.1, -0.05) is 17.7 Å². The van der Waals surface area contributed by atoms with Gasteiger partial charge < -0.3 is 0 Å². The molecule has 8 nitrogen and oxygen atoms in total. The third-order valence-corrected chi connectivity index (χ3v) is 6.02. The Kier molecular flexibility index (Phi) is 4.06. The zero-order chi connectivity index (χ0) is 15.8. The van der Waals surface area contributed by atoms with Crippen LogP contribution in [0.1, 0.15) is 0 Å². The van der Waals surface area contributed by atoms with Crippen LogP contribution < -0.4 is 4.72 Å². The van der Waals surface area contributed by atoms with Gasteiger partial charge >= 0.3 is 0 Å². The van der Waals surface area contributed by atoms with Crippen molar-refractivity contribution in [2.75, 3.05) is 5.75 Å². The lowest BCUT2D eigenvalue weighted by atomic mass is 10.3. The second kappa shape index (κ2) is 5.37. The molecule has 1 atom stereocenters. The van der Waals surface area contributed by atoms with Crippen LogP contribution in [-0.4, -0.2) is 33.6 Å². The molecule has 2 rings (SSSR count). The van der Waals surface area contributed by atoms with Crippen LogP contribution in [0.25, 0.3) is 0 Å². The number of benzene rings is 1. The Morgan fingerprint density at radius 1 is 1.38 bits per heavy atom. The summed E-state index contributed by atoms with van der Waals surface area (Å²) in [6, 6.07) is 2.05. The summed E-state index contributed by atoms with van der Waals surface area (Å²) < 4.78 is 48.9. The summed E-state index contributed by atoms with van der Waals surface area (Å²) >= 11 is 5.75. The normalized spacial score (nSPS) is 20.5. The molecule has 0 amide bonds. The van der Waals surface area contributed by atoms with E-state index >= 15 is 0 Å². The van der Waals surface area contributed by atoms with E-state index in [1.807, 2.05) is 0 Å². The van der Waals surface area contributed by atoms with Crippen LogP contribution >= 0.6 is 11.6 Å². The third kappa shape index (κ3) is 3.59. The number of sulfone groups is 1. The maximum absolute atomic E-state index is 12.1. The first-order chi connectivity index (χ1) is 9.61. The lowest BCUT2D eigenvalue weighted by molar-refractivity contribution is -0.385. The first-order valence-corrected chi connectivity index (χ1v) is 9.06. The molecule has 1 aliphatic rings. The molecule has 21 heavy (non-hydrogen) atoms. The van der Waals surface area contributed by atoms with Crippen LogP contribution in [0.3, 0.4) is 0 Å². The van der Waals surface area contributed by atoms with Crippen LogP contribution in [0.15, 0.2) is 34.6 Å². The van der Waals surface area contributed by atoms with Crippen LogP contribution in [0.5, 0.6) is 0 Å². The summed E-state index contributed by atoms with van der Waals surface area (Å²) in [7, 11) is -7.61. The van der Waals surface area contributed by atoms with Gasteiger partial charge in [0.15, 0.2) is 9.84 Å². The molecule has 0 saturated heterocycles. The molecular formula is C10H9ClN2O6S2. The number of hydrogen-bond donors (Lipinski definition) is 1. The number of rotatable bonds is 4. The van der Waals surface area contributed by atoms with E-state index in [9.17, 15) is 26.9 Å². The SMILES string of the molecule is O=[N+]([O-])c1ccc(Cl)c(S(=O)(=O)NC2C=CS(=O)(=O)C2)c1. The van der Waals surface area contributed by atoms with E-state index in [4.69, 9.17) is 11.6 Å². The Labute approximate surface area is 125 Å². The highest BCUT2D eigenvalue weighted by molar-refractivity contribution is 7.94. The Morgan fingerprint density at radius 2 is 2.05 bits per heavy atom. The average Bonchev–Trinajstić information content (AvgIpc) is 2.67. The fourth-order valence-electron chi connectivity index (χ4n) is 1.72. The number of hydrogen-bond acceptors (Lipinski definition) is 6. The van der Waals surface area contributed by atoms with Gasteiger partial charge in [0.1, 0.15) is 4.90 Å². The number of nitrogens with zero attached hydrogens (tertiary/aromatic N) is 1. The molecule has 1 unspecified atom stereocenters. The predicted octanol–water partition coefficient (Wildman–Crippen LogP) is 0.837. The second-order valence-electron chi connectivity index (χ2n) is 4.26. The van der Waals surface area contributed by atoms with Crippen molar-refractivity contribution in [2.45, 2.75) is 10.9 Å². The van der Waals surface area contributed by atoms with E-state index in [1.165, 1.54) is 6.08 Å². The Morgan fingerprint density at radius 3 is 2.57 bits per heavy atom. The summed E-state index contributed by atoms with van der Waals surface area (Å²) in [5, 5.41) is 11.4. The van der Waals surface area contributed by atoms with Crippen LogP contribution in [0, 0.1) is 10.1 Å². The Hall–Kier alpha value is -1.49. The van der Waals surface area contributed by atoms with Crippen molar-refractivity contribution in [3.05, 3.63) is 44.8 Å². The highest BCUT2D eigenvalue weighted by Gasteiger charge is 2.28. The molecule has 11 heteroatoms. The van der Waals surface area contributed by atoms with E-state index in [0.29, 0.717) is 0 Å². The molecular weight excluding hydrogens is 344 g/mol. The molecule has 0 radical (unpaired) electrons. The van der Waals surface area contributed by atoms with E-state index in [0.717, 1.165) is 23.6 Å². The highest BCUT2D eigenvalue weighted by Crippen LogP contribution is 2.26. The summed E-state index contributed by atoms with van der Waals surface area (Å²) in [4.78, 5) is 9.45. The number of nitro benzene ring substituents is 1. The maximum atomic E-state index is 12.1. The average molecular weight is 353 g/mol. The van der Waals surface area contributed by atoms with E-state index in [1.54, 1.807) is 0 Å². The standard InChI is InChI=1S/C10H9ClN2O6S2/c11-9-2-1-8(13(14)15)5-10(9)21(18,19)12-7-3-4-20(16,17)6-7/h1-5,7,12H,6H2. The lowest BCUT2D eigenvalue weighted by Crippen LogP contribution is -2.35. The third-order valence-electron chi connectivity index (χ3n) is 2.65. The topological polar surface area (TPSA) is 123 Å². The Balaban J connectivity index is 2.34. The monoisotopic (exact) mass is 352 g/mol. The molecule has 114 valence electrons. The molecule has 1 aromatic carbocycles.